The topological polar surface area (TPSA) is 15.3 Å². The molecule has 0 aromatic carbocycles. The van der Waals surface area contributed by atoms with Gasteiger partial charge in [0.15, 0.2) is 0 Å². The van der Waals surface area contributed by atoms with Gasteiger partial charge in [-0.2, -0.15) is 0 Å². The average molecular weight is 199 g/mol. The molecule has 2 nitrogen and oxygen atoms in total. The van der Waals surface area contributed by atoms with Gasteiger partial charge in [-0.25, -0.2) is 0 Å². The summed E-state index contributed by atoms with van der Waals surface area (Å²) in [6, 6.07) is 1.04. The molecule has 0 saturated carbocycles. The van der Waals surface area contributed by atoms with Crippen LogP contribution in [0.5, 0.6) is 0 Å². The lowest BCUT2D eigenvalue weighted by molar-refractivity contribution is 0.0982. The van der Waals surface area contributed by atoms with Gasteiger partial charge in [0.1, 0.15) is 0 Å². The van der Waals surface area contributed by atoms with Crippen LogP contribution in [0.4, 0.5) is 0 Å². The Balaban J connectivity index is 4.38. The number of hydrogen-bond donors (Lipinski definition) is 1. The van der Waals surface area contributed by atoms with Crippen LogP contribution >= 0.6 is 0 Å². The normalized spacial score (nSPS) is 15.6. The third-order valence-electron chi connectivity index (χ3n) is 2.15. The molecule has 1 radical (unpaired) electrons. The molecule has 1 N–H and O–H groups in total. The van der Waals surface area contributed by atoms with Crippen molar-refractivity contribution in [1.82, 2.24) is 10.2 Å². The summed E-state index contributed by atoms with van der Waals surface area (Å²) in [6.45, 7) is 19.5. The van der Waals surface area contributed by atoms with Gasteiger partial charge in [0, 0.05) is 17.6 Å². The zero-order chi connectivity index (χ0) is 11.5. The largest absolute Gasteiger partial charge is 0.297 e. The summed E-state index contributed by atoms with van der Waals surface area (Å²) in [6.07, 6.45) is 0.176. The summed E-state index contributed by atoms with van der Waals surface area (Å²) in [4.78, 5) is 2.38. The Hall–Kier alpha value is -0.0800. The van der Waals surface area contributed by atoms with Crippen LogP contribution in [0, 0.1) is 6.92 Å². The van der Waals surface area contributed by atoms with Gasteiger partial charge >= 0.3 is 0 Å². The quantitative estimate of drug-likeness (QED) is 0.700. The fourth-order valence-electron chi connectivity index (χ4n) is 1.89. The van der Waals surface area contributed by atoms with Crippen LogP contribution in [-0.2, 0) is 0 Å². The van der Waals surface area contributed by atoms with Crippen molar-refractivity contribution in [3.05, 3.63) is 6.92 Å². The molecular formula is C12H27N2. The molecule has 0 heterocycles. The van der Waals surface area contributed by atoms with E-state index < -0.39 is 0 Å². The summed E-state index contributed by atoms with van der Waals surface area (Å²) < 4.78 is 0. The number of nitrogens with zero attached hydrogens (tertiary/aromatic N) is 1. The maximum Gasteiger partial charge on any atom is 0.0606 e. The Morgan fingerprint density at radius 2 is 1.36 bits per heavy atom. The minimum atomic E-state index is 0.119. The fourth-order valence-corrected chi connectivity index (χ4v) is 1.89. The van der Waals surface area contributed by atoms with Gasteiger partial charge in [-0.3, -0.25) is 10.2 Å². The standard InChI is InChI=1S/C12H27N2/c1-9(2)14(10(3)4)11(5)13-12(6,7)8/h9-11,13H,5H2,1-4,6-8H3. The smallest absolute Gasteiger partial charge is 0.0606 e. The van der Waals surface area contributed by atoms with E-state index in [1.54, 1.807) is 0 Å². The molecule has 0 aromatic heterocycles. The van der Waals surface area contributed by atoms with Crippen molar-refractivity contribution >= 4 is 0 Å². The second-order valence-corrected chi connectivity index (χ2v) is 5.54. The van der Waals surface area contributed by atoms with E-state index in [1.165, 1.54) is 0 Å². The summed E-state index contributed by atoms with van der Waals surface area (Å²) >= 11 is 0. The van der Waals surface area contributed by atoms with Crippen LogP contribution < -0.4 is 5.32 Å². The Morgan fingerprint density at radius 1 is 1.00 bits per heavy atom. The first-order valence-electron chi connectivity index (χ1n) is 5.53. The van der Waals surface area contributed by atoms with Gasteiger partial charge in [0.2, 0.25) is 0 Å². The highest BCUT2D eigenvalue weighted by atomic mass is 15.3. The third kappa shape index (κ3) is 4.97. The summed E-state index contributed by atoms with van der Waals surface area (Å²) in [5.74, 6) is 0. The molecule has 2 heteroatoms. The van der Waals surface area contributed by atoms with Crippen molar-refractivity contribution in [2.45, 2.75) is 72.3 Å². The predicted octanol–water partition coefficient (Wildman–Crippen LogP) is 2.65. The van der Waals surface area contributed by atoms with Gasteiger partial charge in [-0.05, 0) is 55.4 Å². The minimum Gasteiger partial charge on any atom is -0.297 e. The summed E-state index contributed by atoms with van der Waals surface area (Å²) in [5.41, 5.74) is 0.119. The SMILES string of the molecule is [CH2]C(NC(C)(C)C)N(C(C)C)C(C)C. The van der Waals surface area contributed by atoms with E-state index in [-0.39, 0.29) is 11.7 Å². The van der Waals surface area contributed by atoms with E-state index in [0.717, 1.165) is 0 Å². The molecule has 0 spiro atoms. The van der Waals surface area contributed by atoms with E-state index in [4.69, 9.17) is 0 Å². The molecule has 0 aliphatic rings. The van der Waals surface area contributed by atoms with Crippen LogP contribution in [0.25, 0.3) is 0 Å². The lowest BCUT2D eigenvalue weighted by atomic mass is 10.1. The van der Waals surface area contributed by atoms with Gasteiger partial charge in [0.05, 0.1) is 6.17 Å². The first-order chi connectivity index (χ1) is 6.15. The average Bonchev–Trinajstić information content (AvgIpc) is 1.78. The molecule has 0 bridgehead atoms. The molecule has 14 heavy (non-hydrogen) atoms. The number of rotatable bonds is 4. The second-order valence-electron chi connectivity index (χ2n) is 5.54. The highest BCUT2D eigenvalue weighted by Gasteiger charge is 2.23. The molecule has 0 aliphatic carbocycles. The van der Waals surface area contributed by atoms with E-state index in [9.17, 15) is 0 Å². The van der Waals surface area contributed by atoms with Gasteiger partial charge in [-0.1, -0.05) is 0 Å². The van der Waals surface area contributed by atoms with Crippen LogP contribution in [0.3, 0.4) is 0 Å². The van der Waals surface area contributed by atoms with E-state index in [2.05, 4.69) is 65.6 Å². The maximum absolute atomic E-state index is 4.18. The lowest BCUT2D eigenvalue weighted by Gasteiger charge is -2.40. The Labute approximate surface area is 90.1 Å². The lowest BCUT2D eigenvalue weighted by Crippen LogP contribution is -2.55. The Kier molecular flexibility index (Phi) is 5.10. The molecular weight excluding hydrogens is 172 g/mol. The zero-order valence-electron chi connectivity index (χ0n) is 10.9. The number of hydrogen-bond acceptors (Lipinski definition) is 2. The van der Waals surface area contributed by atoms with E-state index in [1.807, 2.05) is 0 Å². The fraction of sp³-hybridized carbons (Fsp3) is 0.917. The second kappa shape index (κ2) is 5.13. The Bertz CT molecular complexity index is 148. The van der Waals surface area contributed by atoms with Crippen LogP contribution in [0.15, 0.2) is 0 Å². The molecule has 0 amide bonds. The zero-order valence-corrected chi connectivity index (χ0v) is 10.9. The first kappa shape index (κ1) is 13.9. The van der Waals surface area contributed by atoms with E-state index >= 15 is 0 Å². The molecule has 0 aromatic rings. The van der Waals surface area contributed by atoms with Crippen LogP contribution in [-0.4, -0.2) is 28.7 Å². The molecule has 1 atom stereocenters. The van der Waals surface area contributed by atoms with Crippen LogP contribution in [0.2, 0.25) is 0 Å². The van der Waals surface area contributed by atoms with Crippen molar-refractivity contribution in [1.29, 1.82) is 0 Å². The molecule has 0 saturated heterocycles. The third-order valence-corrected chi connectivity index (χ3v) is 2.15. The van der Waals surface area contributed by atoms with Gasteiger partial charge in [0.25, 0.3) is 0 Å². The first-order valence-corrected chi connectivity index (χ1v) is 5.53. The monoisotopic (exact) mass is 199 g/mol. The van der Waals surface area contributed by atoms with Crippen molar-refractivity contribution in [3.8, 4) is 0 Å². The molecule has 0 fully saturated rings. The molecule has 0 aliphatic heterocycles. The highest BCUT2D eigenvalue weighted by molar-refractivity contribution is 4.83. The van der Waals surface area contributed by atoms with Crippen molar-refractivity contribution in [2.24, 2.45) is 0 Å². The highest BCUT2D eigenvalue weighted by Crippen LogP contribution is 2.11. The summed E-state index contributed by atoms with van der Waals surface area (Å²) in [7, 11) is 0. The van der Waals surface area contributed by atoms with E-state index in [0.29, 0.717) is 12.1 Å². The minimum absolute atomic E-state index is 0.119. The molecule has 85 valence electrons. The van der Waals surface area contributed by atoms with Crippen molar-refractivity contribution in [3.63, 3.8) is 0 Å². The van der Waals surface area contributed by atoms with Crippen molar-refractivity contribution < 1.29 is 0 Å². The van der Waals surface area contributed by atoms with Gasteiger partial charge in [-0.15, -0.1) is 0 Å². The summed E-state index contributed by atoms with van der Waals surface area (Å²) in [5, 5.41) is 3.50. The molecule has 1 unspecified atom stereocenters. The number of nitrogens with one attached hydrogen (secondary N) is 1. The van der Waals surface area contributed by atoms with Crippen molar-refractivity contribution in [2.75, 3.05) is 0 Å². The molecule has 0 rings (SSSR count). The van der Waals surface area contributed by atoms with Gasteiger partial charge < -0.3 is 0 Å². The maximum atomic E-state index is 4.18. The Morgan fingerprint density at radius 3 is 1.57 bits per heavy atom. The predicted molar refractivity (Wildman–Crippen MR) is 64.1 cm³/mol. The van der Waals surface area contributed by atoms with Crippen LogP contribution in [0.1, 0.15) is 48.5 Å².